The van der Waals surface area contributed by atoms with Crippen LogP contribution in [0.1, 0.15) is 49.4 Å². The largest absolute Gasteiger partial charge is 0.352 e. The monoisotopic (exact) mass is 487 g/mol. The van der Waals surface area contributed by atoms with E-state index in [0.29, 0.717) is 5.69 Å². The van der Waals surface area contributed by atoms with Gasteiger partial charge in [-0.15, -0.1) is 0 Å². The first-order chi connectivity index (χ1) is 15.8. The van der Waals surface area contributed by atoms with Crippen molar-refractivity contribution in [2.45, 2.75) is 66.6 Å². The summed E-state index contributed by atoms with van der Waals surface area (Å²) < 4.78 is 26.4. The second kappa shape index (κ2) is 11.5. The summed E-state index contributed by atoms with van der Waals surface area (Å²) in [5.41, 5.74) is 4.28. The first-order valence-corrected chi connectivity index (χ1v) is 13.4. The van der Waals surface area contributed by atoms with Crippen LogP contribution in [0.3, 0.4) is 0 Å². The Morgan fingerprint density at radius 2 is 1.68 bits per heavy atom. The molecule has 34 heavy (non-hydrogen) atoms. The summed E-state index contributed by atoms with van der Waals surface area (Å²) in [6.07, 6.45) is 1.85. The van der Waals surface area contributed by atoms with Crippen molar-refractivity contribution in [3.05, 3.63) is 64.7 Å². The predicted octanol–water partition coefficient (Wildman–Crippen LogP) is 3.71. The van der Waals surface area contributed by atoms with Gasteiger partial charge in [-0.05, 0) is 69.9 Å². The number of rotatable bonds is 10. The number of anilines is 1. The highest BCUT2D eigenvalue weighted by molar-refractivity contribution is 7.92. The number of benzene rings is 2. The summed E-state index contributed by atoms with van der Waals surface area (Å²) in [5, 5.41) is 2.93. The number of carbonyl (C=O) groups is 2. The molecular weight excluding hydrogens is 450 g/mol. The van der Waals surface area contributed by atoms with Crippen molar-refractivity contribution in [3.8, 4) is 0 Å². The van der Waals surface area contributed by atoms with E-state index < -0.39 is 28.5 Å². The fourth-order valence-electron chi connectivity index (χ4n) is 3.55. The summed E-state index contributed by atoms with van der Waals surface area (Å²) in [6, 6.07) is 12.2. The summed E-state index contributed by atoms with van der Waals surface area (Å²) >= 11 is 0. The molecule has 0 fully saturated rings. The van der Waals surface area contributed by atoms with Gasteiger partial charge in [0, 0.05) is 12.6 Å². The van der Waals surface area contributed by atoms with Crippen molar-refractivity contribution in [2.24, 2.45) is 0 Å². The zero-order valence-corrected chi connectivity index (χ0v) is 22.1. The van der Waals surface area contributed by atoms with E-state index in [1.807, 2.05) is 65.0 Å². The number of hydrogen-bond donors (Lipinski definition) is 1. The van der Waals surface area contributed by atoms with Crippen LogP contribution in [0.25, 0.3) is 0 Å². The Labute approximate surface area is 204 Å². The molecule has 2 atom stereocenters. The first-order valence-electron chi connectivity index (χ1n) is 11.5. The van der Waals surface area contributed by atoms with Crippen LogP contribution in [0.15, 0.2) is 42.5 Å². The van der Waals surface area contributed by atoms with Gasteiger partial charge in [-0.3, -0.25) is 13.9 Å². The summed E-state index contributed by atoms with van der Waals surface area (Å²) in [5.74, 6) is -0.718. The zero-order chi connectivity index (χ0) is 25.6. The number of aryl methyl sites for hydroxylation is 3. The maximum atomic E-state index is 13.6. The number of carbonyl (C=O) groups excluding carboxylic acids is 2. The topological polar surface area (TPSA) is 86.8 Å². The molecule has 2 rings (SSSR count). The van der Waals surface area contributed by atoms with Crippen LogP contribution in [-0.2, 0) is 26.2 Å². The molecule has 2 aromatic rings. The van der Waals surface area contributed by atoms with Crippen molar-refractivity contribution >= 4 is 27.5 Å². The van der Waals surface area contributed by atoms with Gasteiger partial charge in [0.1, 0.15) is 12.6 Å². The van der Waals surface area contributed by atoms with Crippen LogP contribution in [0, 0.1) is 20.8 Å². The molecule has 0 aromatic heterocycles. The standard InChI is InChI=1S/C26H37N3O4S/c1-8-21(5)27-26(31)22(6)28(16-23-11-9-10-18(2)14-23)25(30)17-29(34(7,32)33)24-13-12-19(3)20(4)15-24/h9-15,21-22H,8,16-17H2,1-7H3,(H,27,31)/t21-,22-/m0/s1. The number of amides is 2. The zero-order valence-electron chi connectivity index (χ0n) is 21.3. The van der Waals surface area contributed by atoms with Crippen LogP contribution in [0.2, 0.25) is 0 Å². The van der Waals surface area contributed by atoms with Gasteiger partial charge in [-0.2, -0.15) is 0 Å². The molecule has 1 N–H and O–H groups in total. The highest BCUT2D eigenvalue weighted by Crippen LogP contribution is 2.22. The molecule has 2 amide bonds. The van der Waals surface area contributed by atoms with Crippen LogP contribution in [0.4, 0.5) is 5.69 Å². The van der Waals surface area contributed by atoms with Crippen LogP contribution in [-0.4, -0.2) is 50.0 Å². The smallest absolute Gasteiger partial charge is 0.244 e. The fourth-order valence-corrected chi connectivity index (χ4v) is 4.39. The van der Waals surface area contributed by atoms with Gasteiger partial charge in [0.25, 0.3) is 0 Å². The molecule has 8 heteroatoms. The van der Waals surface area contributed by atoms with E-state index in [1.54, 1.807) is 19.1 Å². The fraction of sp³-hybridized carbons (Fsp3) is 0.462. The molecule has 0 heterocycles. The number of sulfonamides is 1. The molecule has 0 spiro atoms. The van der Waals surface area contributed by atoms with E-state index in [9.17, 15) is 18.0 Å². The molecule has 0 aliphatic heterocycles. The maximum Gasteiger partial charge on any atom is 0.244 e. The van der Waals surface area contributed by atoms with E-state index >= 15 is 0 Å². The number of nitrogens with zero attached hydrogens (tertiary/aromatic N) is 2. The molecule has 7 nitrogen and oxygen atoms in total. The lowest BCUT2D eigenvalue weighted by molar-refractivity contribution is -0.139. The Morgan fingerprint density at radius 1 is 1.00 bits per heavy atom. The van der Waals surface area contributed by atoms with Crippen LogP contribution < -0.4 is 9.62 Å². The van der Waals surface area contributed by atoms with E-state index in [0.717, 1.165) is 39.2 Å². The quantitative estimate of drug-likeness (QED) is 0.554. The van der Waals surface area contributed by atoms with Gasteiger partial charge in [-0.1, -0.05) is 42.8 Å². The second-order valence-electron chi connectivity index (χ2n) is 9.04. The molecule has 0 radical (unpaired) electrons. The molecule has 186 valence electrons. The van der Waals surface area contributed by atoms with Gasteiger partial charge in [0.2, 0.25) is 21.8 Å². The molecule has 0 aliphatic rings. The first kappa shape index (κ1) is 27.4. The molecule has 0 saturated heterocycles. The molecule has 0 bridgehead atoms. The minimum absolute atomic E-state index is 0.0334. The summed E-state index contributed by atoms with van der Waals surface area (Å²) in [7, 11) is -3.74. The van der Waals surface area contributed by atoms with Crippen molar-refractivity contribution in [1.82, 2.24) is 10.2 Å². The highest BCUT2D eigenvalue weighted by Gasteiger charge is 2.30. The molecule has 2 aromatic carbocycles. The Balaban J connectivity index is 2.41. The summed E-state index contributed by atoms with van der Waals surface area (Å²) in [4.78, 5) is 27.9. The van der Waals surface area contributed by atoms with Crippen molar-refractivity contribution in [3.63, 3.8) is 0 Å². The minimum atomic E-state index is -3.74. The Morgan fingerprint density at radius 3 is 2.24 bits per heavy atom. The molecule has 0 saturated carbocycles. The third-order valence-electron chi connectivity index (χ3n) is 6.06. The van der Waals surface area contributed by atoms with Crippen LogP contribution >= 0.6 is 0 Å². The Kier molecular flexibility index (Phi) is 9.27. The van der Waals surface area contributed by atoms with E-state index in [-0.39, 0.29) is 18.5 Å². The lowest BCUT2D eigenvalue weighted by Gasteiger charge is -2.32. The van der Waals surface area contributed by atoms with E-state index in [4.69, 9.17) is 0 Å². The third-order valence-corrected chi connectivity index (χ3v) is 7.20. The lowest BCUT2D eigenvalue weighted by Crippen LogP contribution is -2.52. The van der Waals surface area contributed by atoms with Gasteiger partial charge in [0.05, 0.1) is 11.9 Å². The van der Waals surface area contributed by atoms with Gasteiger partial charge < -0.3 is 10.2 Å². The average Bonchev–Trinajstić information content (AvgIpc) is 2.76. The molecule has 0 aliphatic carbocycles. The minimum Gasteiger partial charge on any atom is -0.352 e. The molecular formula is C26H37N3O4S. The van der Waals surface area contributed by atoms with Crippen LogP contribution in [0.5, 0.6) is 0 Å². The Bertz CT molecular complexity index is 1130. The van der Waals surface area contributed by atoms with Crippen molar-refractivity contribution in [2.75, 3.05) is 17.1 Å². The van der Waals surface area contributed by atoms with E-state index in [2.05, 4.69) is 5.32 Å². The summed E-state index contributed by atoms with van der Waals surface area (Å²) in [6.45, 7) is 11.1. The third kappa shape index (κ3) is 7.32. The number of nitrogens with one attached hydrogen (secondary N) is 1. The lowest BCUT2D eigenvalue weighted by atomic mass is 10.1. The van der Waals surface area contributed by atoms with Crippen molar-refractivity contribution in [1.29, 1.82) is 0 Å². The Hall–Kier alpha value is -2.87. The van der Waals surface area contributed by atoms with Crippen molar-refractivity contribution < 1.29 is 18.0 Å². The van der Waals surface area contributed by atoms with Gasteiger partial charge >= 0.3 is 0 Å². The molecule has 0 unspecified atom stereocenters. The average molecular weight is 488 g/mol. The maximum absolute atomic E-state index is 13.6. The van der Waals surface area contributed by atoms with Gasteiger partial charge in [-0.25, -0.2) is 8.42 Å². The normalized spacial score (nSPS) is 13.1. The SMILES string of the molecule is CC[C@H](C)NC(=O)[C@H](C)N(Cc1cccc(C)c1)C(=O)CN(c1ccc(C)c(C)c1)S(C)(=O)=O. The predicted molar refractivity (Wildman–Crippen MR) is 137 cm³/mol. The number of hydrogen-bond acceptors (Lipinski definition) is 4. The highest BCUT2D eigenvalue weighted by atomic mass is 32.2. The second-order valence-corrected chi connectivity index (χ2v) is 10.9. The van der Waals surface area contributed by atoms with E-state index in [1.165, 1.54) is 4.90 Å². The van der Waals surface area contributed by atoms with Gasteiger partial charge in [0.15, 0.2) is 0 Å².